The number of nitrogens with zero attached hydrogens (tertiary/aromatic N) is 4. The summed E-state index contributed by atoms with van der Waals surface area (Å²) in [5, 5.41) is 4.80. The Labute approximate surface area is 166 Å². The Kier molecular flexibility index (Phi) is 5.26. The van der Waals surface area contributed by atoms with Gasteiger partial charge in [0.15, 0.2) is 0 Å². The highest BCUT2D eigenvalue weighted by molar-refractivity contribution is 6.00. The Morgan fingerprint density at radius 3 is 2.43 bits per heavy atom. The van der Waals surface area contributed by atoms with Crippen LogP contribution in [0.15, 0.2) is 60.8 Å². The number of benzene rings is 2. The molecule has 4 rings (SSSR count). The van der Waals surface area contributed by atoms with E-state index in [9.17, 15) is 4.79 Å². The van der Waals surface area contributed by atoms with Gasteiger partial charge in [0.05, 0.1) is 11.3 Å². The van der Waals surface area contributed by atoms with Gasteiger partial charge in [-0.05, 0) is 31.7 Å². The molecule has 1 aromatic heterocycles. The van der Waals surface area contributed by atoms with E-state index in [1.54, 1.807) is 0 Å². The Bertz CT molecular complexity index is 956. The predicted molar refractivity (Wildman–Crippen MR) is 112 cm³/mol. The van der Waals surface area contributed by atoms with Crippen LogP contribution in [-0.4, -0.2) is 58.2 Å². The molecular formula is C23H26N4O. The first-order chi connectivity index (χ1) is 13.7. The van der Waals surface area contributed by atoms with E-state index in [0.717, 1.165) is 55.2 Å². The largest absolute Gasteiger partial charge is 0.336 e. The second kappa shape index (κ2) is 7.98. The fourth-order valence-corrected chi connectivity index (χ4v) is 3.69. The van der Waals surface area contributed by atoms with Gasteiger partial charge in [-0.2, -0.15) is 5.10 Å². The summed E-state index contributed by atoms with van der Waals surface area (Å²) in [5.41, 5.74) is 4.49. The first-order valence-corrected chi connectivity index (χ1v) is 9.89. The van der Waals surface area contributed by atoms with Gasteiger partial charge in [0.1, 0.15) is 5.69 Å². The molecule has 0 spiro atoms. The van der Waals surface area contributed by atoms with Crippen LogP contribution in [0, 0.1) is 6.92 Å². The summed E-state index contributed by atoms with van der Waals surface area (Å²) >= 11 is 0. The van der Waals surface area contributed by atoms with E-state index in [0.29, 0.717) is 5.56 Å². The summed E-state index contributed by atoms with van der Waals surface area (Å²) in [7, 11) is 0. The molecule has 2 heterocycles. The normalized spacial score (nSPS) is 15.0. The minimum atomic E-state index is 0.0643. The molecule has 144 valence electrons. The molecule has 3 aromatic rings. The van der Waals surface area contributed by atoms with E-state index in [2.05, 4.69) is 30.9 Å². The zero-order valence-electron chi connectivity index (χ0n) is 16.5. The molecular weight excluding hydrogens is 348 g/mol. The molecule has 0 aliphatic carbocycles. The van der Waals surface area contributed by atoms with Crippen molar-refractivity contribution in [3.05, 3.63) is 71.9 Å². The van der Waals surface area contributed by atoms with Crippen molar-refractivity contribution >= 4 is 5.91 Å². The van der Waals surface area contributed by atoms with Crippen LogP contribution in [0.3, 0.4) is 0 Å². The van der Waals surface area contributed by atoms with Crippen molar-refractivity contribution < 1.29 is 4.79 Å². The van der Waals surface area contributed by atoms with Crippen molar-refractivity contribution in [1.29, 1.82) is 0 Å². The van der Waals surface area contributed by atoms with Crippen LogP contribution >= 0.6 is 0 Å². The van der Waals surface area contributed by atoms with Crippen LogP contribution < -0.4 is 0 Å². The van der Waals surface area contributed by atoms with Crippen molar-refractivity contribution in [2.45, 2.75) is 13.8 Å². The summed E-state index contributed by atoms with van der Waals surface area (Å²) in [6, 6.07) is 18.1. The molecule has 5 nitrogen and oxygen atoms in total. The van der Waals surface area contributed by atoms with Crippen LogP contribution in [0.1, 0.15) is 22.8 Å². The van der Waals surface area contributed by atoms with Crippen LogP contribution in [0.5, 0.6) is 0 Å². The van der Waals surface area contributed by atoms with E-state index in [-0.39, 0.29) is 5.91 Å². The Balaban J connectivity index is 1.72. The third kappa shape index (κ3) is 3.71. The predicted octanol–water partition coefficient (Wildman–Crippen LogP) is 3.63. The average Bonchev–Trinajstić information content (AvgIpc) is 3.19. The molecule has 1 aliphatic rings. The average molecular weight is 374 g/mol. The lowest BCUT2D eigenvalue weighted by atomic mass is 10.0. The maximum atomic E-state index is 13.4. The van der Waals surface area contributed by atoms with Crippen molar-refractivity contribution in [3.8, 4) is 16.9 Å². The molecule has 0 bridgehead atoms. The van der Waals surface area contributed by atoms with E-state index >= 15 is 0 Å². The van der Waals surface area contributed by atoms with Gasteiger partial charge in [-0.1, -0.05) is 48.9 Å². The molecule has 0 N–H and O–H groups in total. The molecule has 1 saturated heterocycles. The van der Waals surface area contributed by atoms with Crippen LogP contribution in [-0.2, 0) is 0 Å². The van der Waals surface area contributed by atoms with Gasteiger partial charge in [0.25, 0.3) is 5.91 Å². The third-order valence-corrected chi connectivity index (χ3v) is 5.36. The maximum Gasteiger partial charge on any atom is 0.257 e. The van der Waals surface area contributed by atoms with Crippen LogP contribution in [0.25, 0.3) is 16.9 Å². The summed E-state index contributed by atoms with van der Waals surface area (Å²) < 4.78 is 1.81. The second-order valence-electron chi connectivity index (χ2n) is 7.27. The minimum absolute atomic E-state index is 0.0643. The number of aryl methyl sites for hydroxylation is 1. The van der Waals surface area contributed by atoms with Crippen LogP contribution in [0.4, 0.5) is 0 Å². The summed E-state index contributed by atoms with van der Waals surface area (Å²) in [5.74, 6) is 0.0643. The van der Waals surface area contributed by atoms with E-state index in [4.69, 9.17) is 5.10 Å². The van der Waals surface area contributed by atoms with Gasteiger partial charge in [-0.15, -0.1) is 0 Å². The number of hydrogen-bond acceptors (Lipinski definition) is 3. The molecule has 0 saturated carbocycles. The lowest BCUT2D eigenvalue weighted by Gasteiger charge is -2.34. The third-order valence-electron chi connectivity index (χ3n) is 5.36. The highest BCUT2D eigenvalue weighted by Gasteiger charge is 2.26. The molecule has 1 amide bonds. The minimum Gasteiger partial charge on any atom is -0.336 e. The standard InChI is InChI=1S/C23H26N4O/c1-3-25-12-14-26(15-13-25)23(28)21-17-27(20-10-5-4-6-11-20)24-22(21)19-9-7-8-18(2)16-19/h4-11,16-17H,3,12-15H2,1-2H3. The van der Waals surface area contributed by atoms with E-state index in [1.807, 2.05) is 58.2 Å². The number of carbonyl (C=O) groups excluding carboxylic acids is 1. The van der Waals surface area contributed by atoms with Crippen molar-refractivity contribution in [3.63, 3.8) is 0 Å². The lowest BCUT2D eigenvalue weighted by Crippen LogP contribution is -2.48. The number of aromatic nitrogens is 2. The molecule has 1 fully saturated rings. The highest BCUT2D eigenvalue weighted by Crippen LogP contribution is 2.26. The van der Waals surface area contributed by atoms with E-state index in [1.165, 1.54) is 0 Å². The number of para-hydroxylation sites is 1. The van der Waals surface area contributed by atoms with Gasteiger partial charge in [0, 0.05) is 37.9 Å². The van der Waals surface area contributed by atoms with Crippen molar-refractivity contribution in [1.82, 2.24) is 19.6 Å². The topological polar surface area (TPSA) is 41.4 Å². The molecule has 5 heteroatoms. The fourth-order valence-electron chi connectivity index (χ4n) is 3.69. The second-order valence-corrected chi connectivity index (χ2v) is 7.27. The number of likely N-dealkylation sites (N-methyl/N-ethyl adjacent to an activating group) is 1. The fraction of sp³-hybridized carbons (Fsp3) is 0.304. The first kappa shape index (κ1) is 18.4. The Morgan fingerprint density at radius 1 is 1.00 bits per heavy atom. The van der Waals surface area contributed by atoms with Gasteiger partial charge >= 0.3 is 0 Å². The Hall–Kier alpha value is -2.92. The number of hydrogen-bond donors (Lipinski definition) is 0. The van der Waals surface area contributed by atoms with Gasteiger partial charge in [-0.3, -0.25) is 4.79 Å². The van der Waals surface area contributed by atoms with Gasteiger partial charge < -0.3 is 9.80 Å². The molecule has 28 heavy (non-hydrogen) atoms. The van der Waals surface area contributed by atoms with Crippen LogP contribution in [0.2, 0.25) is 0 Å². The summed E-state index contributed by atoms with van der Waals surface area (Å²) in [4.78, 5) is 17.7. The molecule has 2 aromatic carbocycles. The zero-order chi connectivity index (χ0) is 19.5. The first-order valence-electron chi connectivity index (χ1n) is 9.89. The number of rotatable bonds is 4. The highest BCUT2D eigenvalue weighted by atomic mass is 16.2. The smallest absolute Gasteiger partial charge is 0.257 e. The van der Waals surface area contributed by atoms with E-state index < -0.39 is 0 Å². The number of piperazine rings is 1. The summed E-state index contributed by atoms with van der Waals surface area (Å²) in [6.45, 7) is 8.62. The SMILES string of the molecule is CCN1CCN(C(=O)c2cn(-c3ccccc3)nc2-c2cccc(C)c2)CC1. The lowest BCUT2D eigenvalue weighted by molar-refractivity contribution is 0.0644. The quantitative estimate of drug-likeness (QED) is 0.700. The van der Waals surface area contributed by atoms with Crippen molar-refractivity contribution in [2.75, 3.05) is 32.7 Å². The zero-order valence-corrected chi connectivity index (χ0v) is 16.5. The van der Waals surface area contributed by atoms with Gasteiger partial charge in [-0.25, -0.2) is 4.68 Å². The maximum absolute atomic E-state index is 13.4. The monoisotopic (exact) mass is 374 g/mol. The number of carbonyl (C=O) groups is 1. The number of amides is 1. The molecule has 0 radical (unpaired) electrons. The van der Waals surface area contributed by atoms with Crippen molar-refractivity contribution in [2.24, 2.45) is 0 Å². The summed E-state index contributed by atoms with van der Waals surface area (Å²) in [6.07, 6.45) is 1.88. The molecule has 1 aliphatic heterocycles. The van der Waals surface area contributed by atoms with Gasteiger partial charge in [0.2, 0.25) is 0 Å². The molecule has 0 unspecified atom stereocenters. The molecule has 0 atom stereocenters. The Morgan fingerprint density at radius 2 is 1.75 bits per heavy atom.